The van der Waals surface area contributed by atoms with Crippen molar-refractivity contribution in [2.24, 2.45) is 18.0 Å². The van der Waals surface area contributed by atoms with E-state index in [9.17, 15) is 0 Å². The van der Waals surface area contributed by atoms with Crippen LogP contribution in [-0.4, -0.2) is 67.7 Å². The number of nitrogens with zero attached hydrogens (tertiary/aromatic N) is 4. The van der Waals surface area contributed by atoms with Crippen LogP contribution in [0.4, 0.5) is 0 Å². The SMILES string of the molecule is CN=C(NCc1c(C)nn(C)c1C)N1CCC(COCCOC)C1.I. The first-order chi connectivity index (χ1) is 11.6. The predicted octanol–water partition coefficient (Wildman–Crippen LogP) is 1.72. The molecule has 1 N–H and O–H groups in total. The van der Waals surface area contributed by atoms with Crippen molar-refractivity contribution in [2.75, 3.05) is 47.1 Å². The Kier molecular flexibility index (Phi) is 9.73. The minimum atomic E-state index is 0. The number of ether oxygens (including phenoxy) is 2. The molecular weight excluding hydrogens is 433 g/mol. The molecule has 2 heterocycles. The lowest BCUT2D eigenvalue weighted by Crippen LogP contribution is -2.40. The molecular formula is C17H32IN5O2. The molecule has 8 heteroatoms. The van der Waals surface area contributed by atoms with Crippen molar-refractivity contribution >= 4 is 29.9 Å². The van der Waals surface area contributed by atoms with Gasteiger partial charge in [0.1, 0.15) is 0 Å². The summed E-state index contributed by atoms with van der Waals surface area (Å²) in [5.41, 5.74) is 3.52. The Morgan fingerprint density at radius 2 is 2.12 bits per heavy atom. The van der Waals surface area contributed by atoms with E-state index in [2.05, 4.69) is 34.2 Å². The zero-order valence-electron chi connectivity index (χ0n) is 16.0. The van der Waals surface area contributed by atoms with Gasteiger partial charge >= 0.3 is 0 Å². The van der Waals surface area contributed by atoms with Gasteiger partial charge in [-0.05, 0) is 20.3 Å². The molecule has 0 amide bonds. The first-order valence-electron chi connectivity index (χ1n) is 8.58. The summed E-state index contributed by atoms with van der Waals surface area (Å²) in [7, 11) is 5.52. The van der Waals surface area contributed by atoms with Crippen LogP contribution in [0.2, 0.25) is 0 Å². The average molecular weight is 465 g/mol. The second-order valence-corrected chi connectivity index (χ2v) is 6.34. The van der Waals surface area contributed by atoms with Gasteiger partial charge < -0.3 is 19.7 Å². The molecule has 0 bridgehead atoms. The van der Waals surface area contributed by atoms with Gasteiger partial charge in [-0.1, -0.05) is 0 Å². The number of aliphatic imine (C=N–C) groups is 1. The Morgan fingerprint density at radius 1 is 1.36 bits per heavy atom. The highest BCUT2D eigenvalue weighted by Crippen LogP contribution is 2.17. The summed E-state index contributed by atoms with van der Waals surface area (Å²) in [5.74, 6) is 1.51. The normalized spacial score (nSPS) is 17.7. The number of aromatic nitrogens is 2. The van der Waals surface area contributed by atoms with Gasteiger partial charge in [-0.3, -0.25) is 9.67 Å². The second kappa shape index (κ2) is 11.0. The van der Waals surface area contributed by atoms with Gasteiger partial charge in [0.2, 0.25) is 0 Å². The highest BCUT2D eigenvalue weighted by atomic mass is 127. The quantitative estimate of drug-likeness (QED) is 0.288. The summed E-state index contributed by atoms with van der Waals surface area (Å²) >= 11 is 0. The number of guanidine groups is 1. The highest BCUT2D eigenvalue weighted by Gasteiger charge is 2.25. The van der Waals surface area contributed by atoms with E-state index >= 15 is 0 Å². The maximum atomic E-state index is 5.66. The molecule has 1 aliphatic rings. The van der Waals surface area contributed by atoms with Gasteiger partial charge in [-0.2, -0.15) is 5.10 Å². The van der Waals surface area contributed by atoms with Crippen molar-refractivity contribution < 1.29 is 9.47 Å². The molecule has 25 heavy (non-hydrogen) atoms. The molecule has 1 aromatic rings. The molecule has 1 aromatic heterocycles. The Balaban J connectivity index is 0.00000312. The zero-order chi connectivity index (χ0) is 17.5. The minimum Gasteiger partial charge on any atom is -0.382 e. The van der Waals surface area contributed by atoms with Crippen molar-refractivity contribution in [2.45, 2.75) is 26.8 Å². The van der Waals surface area contributed by atoms with Gasteiger partial charge in [0.05, 0.1) is 25.5 Å². The van der Waals surface area contributed by atoms with Crippen molar-refractivity contribution in [3.63, 3.8) is 0 Å². The number of likely N-dealkylation sites (tertiary alicyclic amines) is 1. The first-order valence-corrected chi connectivity index (χ1v) is 8.58. The van der Waals surface area contributed by atoms with Crippen LogP contribution < -0.4 is 5.32 Å². The van der Waals surface area contributed by atoms with Crippen molar-refractivity contribution in [1.29, 1.82) is 0 Å². The van der Waals surface area contributed by atoms with E-state index in [4.69, 9.17) is 9.47 Å². The maximum Gasteiger partial charge on any atom is 0.193 e. The number of methoxy groups -OCH3 is 1. The van der Waals surface area contributed by atoms with Crippen LogP contribution in [0, 0.1) is 19.8 Å². The van der Waals surface area contributed by atoms with E-state index in [-0.39, 0.29) is 24.0 Å². The van der Waals surface area contributed by atoms with Crippen molar-refractivity contribution in [3.8, 4) is 0 Å². The molecule has 0 aromatic carbocycles. The second-order valence-electron chi connectivity index (χ2n) is 6.34. The van der Waals surface area contributed by atoms with E-state index in [1.807, 2.05) is 18.8 Å². The third-order valence-electron chi connectivity index (χ3n) is 4.66. The molecule has 0 aliphatic carbocycles. The minimum absolute atomic E-state index is 0. The lowest BCUT2D eigenvalue weighted by Gasteiger charge is -2.22. The van der Waals surface area contributed by atoms with Gasteiger partial charge in [0.15, 0.2) is 5.96 Å². The molecule has 1 saturated heterocycles. The van der Waals surface area contributed by atoms with Crippen molar-refractivity contribution in [1.82, 2.24) is 20.0 Å². The van der Waals surface area contributed by atoms with Crippen LogP contribution in [0.5, 0.6) is 0 Å². The number of hydrogen-bond acceptors (Lipinski definition) is 4. The maximum absolute atomic E-state index is 5.66. The van der Waals surface area contributed by atoms with E-state index < -0.39 is 0 Å². The predicted molar refractivity (Wildman–Crippen MR) is 111 cm³/mol. The third-order valence-corrected chi connectivity index (χ3v) is 4.66. The van der Waals surface area contributed by atoms with Crippen LogP contribution in [-0.2, 0) is 23.1 Å². The lowest BCUT2D eigenvalue weighted by atomic mass is 10.1. The molecule has 0 saturated carbocycles. The molecule has 2 rings (SSSR count). The van der Waals surface area contributed by atoms with E-state index in [0.29, 0.717) is 19.1 Å². The average Bonchev–Trinajstić information content (AvgIpc) is 3.12. The number of nitrogens with one attached hydrogen (secondary N) is 1. The number of aryl methyl sites for hydroxylation is 2. The van der Waals surface area contributed by atoms with E-state index in [1.54, 1.807) is 7.11 Å². The van der Waals surface area contributed by atoms with Gasteiger partial charge in [-0.25, -0.2) is 0 Å². The summed E-state index contributed by atoms with van der Waals surface area (Å²) in [6.07, 6.45) is 1.14. The van der Waals surface area contributed by atoms with Crippen LogP contribution in [0.25, 0.3) is 0 Å². The van der Waals surface area contributed by atoms with Gasteiger partial charge in [0, 0.05) is 58.0 Å². The highest BCUT2D eigenvalue weighted by molar-refractivity contribution is 14.0. The van der Waals surface area contributed by atoms with Crippen LogP contribution in [0.1, 0.15) is 23.4 Å². The van der Waals surface area contributed by atoms with Crippen LogP contribution in [0.15, 0.2) is 4.99 Å². The molecule has 0 radical (unpaired) electrons. The fourth-order valence-electron chi connectivity index (χ4n) is 3.13. The van der Waals surface area contributed by atoms with Crippen molar-refractivity contribution in [3.05, 3.63) is 17.0 Å². The Bertz CT molecular complexity index is 561. The lowest BCUT2D eigenvalue weighted by molar-refractivity contribution is 0.0536. The molecule has 7 nitrogen and oxygen atoms in total. The summed E-state index contributed by atoms with van der Waals surface area (Å²) in [6, 6.07) is 0. The summed E-state index contributed by atoms with van der Waals surface area (Å²) in [4.78, 5) is 6.75. The summed E-state index contributed by atoms with van der Waals surface area (Å²) < 4.78 is 12.6. The fraction of sp³-hybridized carbons (Fsp3) is 0.765. The zero-order valence-corrected chi connectivity index (χ0v) is 18.4. The molecule has 144 valence electrons. The fourth-order valence-corrected chi connectivity index (χ4v) is 3.13. The standard InChI is InChI=1S/C17H31N5O2.HI/c1-13-16(14(2)21(4)20-13)10-19-17(18-3)22-7-6-15(11-22)12-24-9-8-23-5;/h15H,6-12H2,1-5H3,(H,18,19);1H. The smallest absolute Gasteiger partial charge is 0.193 e. The number of halogens is 1. The topological polar surface area (TPSA) is 63.9 Å². The van der Waals surface area contributed by atoms with E-state index in [1.165, 1.54) is 11.3 Å². The Morgan fingerprint density at radius 3 is 2.72 bits per heavy atom. The molecule has 1 unspecified atom stereocenters. The van der Waals surface area contributed by atoms with Gasteiger partial charge in [0.25, 0.3) is 0 Å². The Hall–Kier alpha value is -0.870. The molecule has 1 atom stereocenters. The summed E-state index contributed by atoms with van der Waals surface area (Å²) in [5, 5.41) is 7.95. The third kappa shape index (κ3) is 6.10. The van der Waals surface area contributed by atoms with E-state index in [0.717, 1.165) is 44.3 Å². The molecule has 0 spiro atoms. The molecule has 1 fully saturated rings. The summed E-state index contributed by atoms with van der Waals surface area (Å²) in [6.45, 7) is 9.02. The number of hydrogen-bond donors (Lipinski definition) is 1. The Labute approximate surface area is 168 Å². The van der Waals surface area contributed by atoms with Crippen LogP contribution >= 0.6 is 24.0 Å². The monoisotopic (exact) mass is 465 g/mol. The molecule has 1 aliphatic heterocycles. The van der Waals surface area contributed by atoms with Gasteiger partial charge in [-0.15, -0.1) is 24.0 Å². The number of rotatable bonds is 7. The first kappa shape index (κ1) is 22.2. The largest absolute Gasteiger partial charge is 0.382 e. The van der Waals surface area contributed by atoms with Crippen LogP contribution in [0.3, 0.4) is 0 Å².